The van der Waals surface area contributed by atoms with Gasteiger partial charge in [0.05, 0.1) is 17.6 Å². The third kappa shape index (κ3) is 3.23. The van der Waals surface area contributed by atoms with Crippen LogP contribution < -0.4 is 5.73 Å². The molecular weight excluding hydrogens is 344 g/mol. The fraction of sp³-hybridized carbons (Fsp3) is 0.538. The minimum Gasteiger partial charge on any atom is -0.375 e. The van der Waals surface area contributed by atoms with Gasteiger partial charge in [0, 0.05) is 24.1 Å². The molecule has 7 heteroatoms. The zero-order valence-electron chi connectivity index (χ0n) is 11.4. The van der Waals surface area contributed by atoms with Gasteiger partial charge in [-0.25, -0.2) is 8.42 Å². The van der Waals surface area contributed by atoms with Gasteiger partial charge in [-0.2, -0.15) is 4.31 Å². The summed E-state index contributed by atoms with van der Waals surface area (Å²) >= 11 is 3.32. The van der Waals surface area contributed by atoms with Gasteiger partial charge in [-0.05, 0) is 40.0 Å². The summed E-state index contributed by atoms with van der Waals surface area (Å²) in [7, 11) is -3.52. The lowest BCUT2D eigenvalue weighted by molar-refractivity contribution is -0.00279. The number of halogens is 1. The van der Waals surface area contributed by atoms with E-state index in [4.69, 9.17) is 10.5 Å². The molecular formula is C13H19BrN2O3S. The molecule has 1 atom stereocenters. The first-order valence-corrected chi connectivity index (χ1v) is 8.82. The smallest absolute Gasteiger partial charge is 0.244 e. The van der Waals surface area contributed by atoms with Crippen LogP contribution in [-0.2, 0) is 21.3 Å². The van der Waals surface area contributed by atoms with Crippen LogP contribution in [0.25, 0.3) is 0 Å². The molecule has 0 spiro atoms. The van der Waals surface area contributed by atoms with Crippen LogP contribution in [0.15, 0.2) is 27.6 Å². The fourth-order valence-corrected chi connectivity index (χ4v) is 4.60. The van der Waals surface area contributed by atoms with Crippen LogP contribution in [0.5, 0.6) is 0 Å². The Kier molecular flexibility index (Phi) is 5.19. The molecule has 1 unspecified atom stereocenters. The Bertz CT molecular complexity index is 577. The van der Waals surface area contributed by atoms with Crippen molar-refractivity contribution in [1.29, 1.82) is 0 Å². The van der Waals surface area contributed by atoms with Crippen LogP contribution in [0.2, 0.25) is 0 Å². The largest absolute Gasteiger partial charge is 0.375 e. The Morgan fingerprint density at radius 2 is 2.25 bits per heavy atom. The number of sulfonamides is 1. The normalized spacial score (nSPS) is 21.1. The summed E-state index contributed by atoms with van der Waals surface area (Å²) in [6.07, 6.45) is 0.769. The zero-order valence-corrected chi connectivity index (χ0v) is 13.8. The van der Waals surface area contributed by atoms with Crippen molar-refractivity contribution in [2.45, 2.75) is 30.9 Å². The van der Waals surface area contributed by atoms with E-state index < -0.39 is 10.0 Å². The van der Waals surface area contributed by atoms with Crippen molar-refractivity contribution in [3.63, 3.8) is 0 Å². The van der Waals surface area contributed by atoms with Crippen molar-refractivity contribution in [2.75, 3.05) is 19.7 Å². The van der Waals surface area contributed by atoms with Gasteiger partial charge in [0.2, 0.25) is 10.0 Å². The first-order chi connectivity index (χ1) is 9.48. The average Bonchev–Trinajstić information content (AvgIpc) is 2.47. The molecule has 0 bridgehead atoms. The molecule has 1 saturated heterocycles. The second kappa shape index (κ2) is 6.53. The number of nitrogens with two attached hydrogens (primary N) is 1. The highest BCUT2D eigenvalue weighted by Gasteiger charge is 2.31. The predicted octanol–water partition coefficient (Wildman–Crippen LogP) is 1.71. The second-order valence-electron chi connectivity index (χ2n) is 4.73. The van der Waals surface area contributed by atoms with Crippen molar-refractivity contribution in [1.82, 2.24) is 4.31 Å². The van der Waals surface area contributed by atoms with Crippen molar-refractivity contribution in [3.05, 3.63) is 28.2 Å². The molecule has 0 saturated carbocycles. The minimum absolute atomic E-state index is 0.0324. The first-order valence-electron chi connectivity index (χ1n) is 6.59. The average molecular weight is 363 g/mol. The van der Waals surface area contributed by atoms with E-state index in [9.17, 15) is 8.42 Å². The minimum atomic E-state index is -3.52. The van der Waals surface area contributed by atoms with Crippen LogP contribution in [0, 0.1) is 0 Å². The molecule has 5 nitrogen and oxygen atoms in total. The molecule has 0 amide bonds. The molecule has 1 fully saturated rings. The van der Waals surface area contributed by atoms with E-state index in [2.05, 4.69) is 15.9 Å². The third-order valence-corrected chi connectivity index (χ3v) is 6.27. The summed E-state index contributed by atoms with van der Waals surface area (Å²) in [6.45, 7) is 3.53. The van der Waals surface area contributed by atoms with Gasteiger partial charge in [-0.1, -0.05) is 13.0 Å². The Morgan fingerprint density at radius 3 is 2.90 bits per heavy atom. The molecule has 1 aromatic carbocycles. The number of nitrogens with zero attached hydrogens (tertiary/aromatic N) is 1. The third-order valence-electron chi connectivity index (χ3n) is 3.41. The monoisotopic (exact) mass is 362 g/mol. The molecule has 0 radical (unpaired) electrons. The maximum atomic E-state index is 12.7. The predicted molar refractivity (Wildman–Crippen MR) is 80.8 cm³/mol. The molecule has 112 valence electrons. The van der Waals surface area contributed by atoms with Crippen molar-refractivity contribution < 1.29 is 13.2 Å². The number of morpholine rings is 1. The topological polar surface area (TPSA) is 72.6 Å². The fourth-order valence-electron chi connectivity index (χ4n) is 2.17. The molecule has 1 aromatic rings. The summed E-state index contributed by atoms with van der Waals surface area (Å²) < 4.78 is 33.1. The van der Waals surface area contributed by atoms with Crippen LogP contribution >= 0.6 is 15.9 Å². The Hall–Kier alpha value is -0.470. The lowest BCUT2D eigenvalue weighted by Gasteiger charge is -2.32. The van der Waals surface area contributed by atoms with Gasteiger partial charge < -0.3 is 10.5 Å². The summed E-state index contributed by atoms with van der Waals surface area (Å²) in [5.74, 6) is 0. The van der Waals surface area contributed by atoms with Crippen molar-refractivity contribution in [3.8, 4) is 0 Å². The van der Waals surface area contributed by atoms with Gasteiger partial charge in [0.25, 0.3) is 0 Å². The van der Waals surface area contributed by atoms with E-state index in [0.29, 0.717) is 30.7 Å². The highest BCUT2D eigenvalue weighted by molar-refractivity contribution is 9.10. The number of hydrogen-bond donors (Lipinski definition) is 1. The van der Waals surface area contributed by atoms with Crippen LogP contribution in [0.1, 0.15) is 18.9 Å². The van der Waals surface area contributed by atoms with E-state index in [1.807, 2.05) is 13.0 Å². The Morgan fingerprint density at radius 1 is 1.50 bits per heavy atom. The lowest BCUT2D eigenvalue weighted by atomic mass is 10.2. The van der Waals surface area contributed by atoms with Crippen molar-refractivity contribution >= 4 is 26.0 Å². The van der Waals surface area contributed by atoms with Gasteiger partial charge >= 0.3 is 0 Å². The van der Waals surface area contributed by atoms with E-state index in [1.54, 1.807) is 12.1 Å². The van der Waals surface area contributed by atoms with Crippen molar-refractivity contribution in [2.24, 2.45) is 5.73 Å². The molecule has 1 aliphatic heterocycles. The molecule has 2 rings (SSSR count). The molecule has 1 aliphatic rings. The number of ether oxygens (including phenoxy) is 1. The van der Waals surface area contributed by atoms with E-state index >= 15 is 0 Å². The maximum absolute atomic E-state index is 12.7. The molecule has 2 N–H and O–H groups in total. The van der Waals surface area contributed by atoms with Gasteiger partial charge in [-0.15, -0.1) is 0 Å². The molecule has 0 aliphatic carbocycles. The number of benzene rings is 1. The summed E-state index contributed by atoms with van der Waals surface area (Å²) in [5, 5.41) is 0. The van der Waals surface area contributed by atoms with Gasteiger partial charge in [-0.3, -0.25) is 0 Å². The molecule has 1 heterocycles. The first kappa shape index (κ1) is 15.9. The maximum Gasteiger partial charge on any atom is 0.244 e. The SMILES string of the molecule is CCC1CN(S(=O)(=O)c2cc(CN)ccc2Br)CCO1. The van der Waals surface area contributed by atoms with E-state index in [0.717, 1.165) is 12.0 Å². The van der Waals surface area contributed by atoms with Gasteiger partial charge in [0.1, 0.15) is 0 Å². The standard InChI is InChI=1S/C13H19BrN2O3S/c1-2-11-9-16(5-6-19-11)20(17,18)13-7-10(8-15)3-4-12(13)14/h3-4,7,11H,2,5-6,8-9,15H2,1H3. The Labute approximate surface area is 128 Å². The highest BCUT2D eigenvalue weighted by Crippen LogP contribution is 2.27. The second-order valence-corrected chi connectivity index (χ2v) is 7.49. The van der Waals surface area contributed by atoms with E-state index in [1.165, 1.54) is 4.31 Å². The van der Waals surface area contributed by atoms with Crippen LogP contribution in [0.4, 0.5) is 0 Å². The lowest BCUT2D eigenvalue weighted by Crippen LogP contribution is -2.45. The number of hydrogen-bond acceptors (Lipinski definition) is 4. The van der Waals surface area contributed by atoms with E-state index in [-0.39, 0.29) is 11.0 Å². The molecule has 0 aromatic heterocycles. The van der Waals surface area contributed by atoms with Crippen LogP contribution in [-0.4, -0.2) is 38.5 Å². The van der Waals surface area contributed by atoms with Gasteiger partial charge in [0.15, 0.2) is 0 Å². The molecule has 20 heavy (non-hydrogen) atoms. The summed E-state index contributed by atoms with van der Waals surface area (Å²) in [4.78, 5) is 0.275. The summed E-state index contributed by atoms with van der Waals surface area (Å²) in [5.41, 5.74) is 6.39. The number of rotatable bonds is 4. The Balaban J connectivity index is 2.34. The van der Waals surface area contributed by atoms with Crippen LogP contribution in [0.3, 0.4) is 0 Å². The highest BCUT2D eigenvalue weighted by atomic mass is 79.9. The quantitative estimate of drug-likeness (QED) is 0.884. The zero-order chi connectivity index (χ0) is 14.8. The summed E-state index contributed by atoms with van der Waals surface area (Å²) in [6, 6.07) is 5.18.